The molecule has 2 aromatic carbocycles. The van der Waals surface area contributed by atoms with Crippen LogP contribution >= 0.6 is 0 Å². The van der Waals surface area contributed by atoms with E-state index in [2.05, 4.69) is 41.4 Å². The molecule has 0 saturated carbocycles. The molecule has 0 saturated heterocycles. The Morgan fingerprint density at radius 3 is 2.04 bits per heavy atom. The van der Waals surface area contributed by atoms with Gasteiger partial charge in [0.25, 0.3) is 0 Å². The summed E-state index contributed by atoms with van der Waals surface area (Å²) in [4.78, 5) is 13.8. The minimum atomic E-state index is -0.0918. The van der Waals surface area contributed by atoms with Gasteiger partial charge in [-0.1, -0.05) is 67.6 Å². The fourth-order valence-electron chi connectivity index (χ4n) is 2.81. The highest BCUT2D eigenvalue weighted by Gasteiger charge is 2.15. The summed E-state index contributed by atoms with van der Waals surface area (Å²) in [6.45, 7) is 4.73. The maximum absolute atomic E-state index is 11.6. The van der Waals surface area contributed by atoms with Crippen LogP contribution in [0.15, 0.2) is 60.7 Å². The molecule has 0 bridgehead atoms. The van der Waals surface area contributed by atoms with E-state index in [-0.39, 0.29) is 12.0 Å². The first kappa shape index (κ1) is 19.2. The largest absolute Gasteiger partial charge is 0.367 e. The normalized spacial score (nSPS) is 11.0. The SMILES string of the molecule is CCCN(CCOC(c1ccccc1)c1ccccc1)CC(=O)NC. The number of carbonyl (C=O) groups excluding carboxylic acids is 1. The third kappa shape index (κ3) is 6.33. The van der Waals surface area contributed by atoms with Gasteiger partial charge in [0.2, 0.25) is 5.91 Å². The monoisotopic (exact) mass is 340 g/mol. The van der Waals surface area contributed by atoms with E-state index in [1.807, 2.05) is 36.4 Å². The van der Waals surface area contributed by atoms with Crippen LogP contribution in [0.2, 0.25) is 0 Å². The average Bonchev–Trinajstić information content (AvgIpc) is 2.66. The molecule has 4 heteroatoms. The van der Waals surface area contributed by atoms with Crippen molar-refractivity contribution in [2.75, 3.05) is 33.3 Å². The van der Waals surface area contributed by atoms with E-state index in [9.17, 15) is 4.79 Å². The van der Waals surface area contributed by atoms with Gasteiger partial charge in [-0.15, -0.1) is 0 Å². The van der Waals surface area contributed by atoms with Crippen LogP contribution < -0.4 is 5.32 Å². The molecule has 0 aromatic heterocycles. The van der Waals surface area contributed by atoms with Gasteiger partial charge in [0.1, 0.15) is 6.10 Å². The highest BCUT2D eigenvalue weighted by molar-refractivity contribution is 5.77. The maximum atomic E-state index is 11.6. The lowest BCUT2D eigenvalue weighted by Crippen LogP contribution is -2.38. The summed E-state index contributed by atoms with van der Waals surface area (Å²) >= 11 is 0. The molecule has 4 nitrogen and oxygen atoms in total. The van der Waals surface area contributed by atoms with Crippen molar-refractivity contribution >= 4 is 5.91 Å². The second-order valence-corrected chi connectivity index (χ2v) is 6.02. The van der Waals surface area contributed by atoms with Crippen LogP contribution in [0.1, 0.15) is 30.6 Å². The first-order valence-corrected chi connectivity index (χ1v) is 8.89. The summed E-state index contributed by atoms with van der Waals surface area (Å²) in [6, 6.07) is 20.5. The van der Waals surface area contributed by atoms with E-state index >= 15 is 0 Å². The number of amides is 1. The van der Waals surface area contributed by atoms with Crippen LogP contribution in [0.5, 0.6) is 0 Å². The topological polar surface area (TPSA) is 41.6 Å². The molecule has 0 heterocycles. The molecule has 2 aromatic rings. The van der Waals surface area contributed by atoms with E-state index in [0.29, 0.717) is 13.2 Å². The zero-order chi connectivity index (χ0) is 17.9. The minimum Gasteiger partial charge on any atom is -0.367 e. The third-order valence-electron chi connectivity index (χ3n) is 4.08. The molecule has 25 heavy (non-hydrogen) atoms. The Morgan fingerprint density at radius 1 is 1.00 bits per heavy atom. The zero-order valence-corrected chi connectivity index (χ0v) is 15.2. The standard InChI is InChI=1S/C21H28N2O2/c1-3-14-23(17-20(24)22-2)15-16-25-21(18-10-6-4-7-11-18)19-12-8-5-9-13-19/h4-13,21H,3,14-17H2,1-2H3,(H,22,24). The van der Waals surface area contributed by atoms with Crippen LogP contribution in [-0.2, 0) is 9.53 Å². The summed E-state index contributed by atoms with van der Waals surface area (Å²) in [6.07, 6.45) is 0.920. The molecule has 1 amide bonds. The van der Waals surface area contributed by atoms with Crippen LogP contribution in [0.4, 0.5) is 0 Å². The molecule has 0 radical (unpaired) electrons. The molecule has 0 aliphatic heterocycles. The van der Waals surface area contributed by atoms with E-state index in [1.54, 1.807) is 7.05 Å². The van der Waals surface area contributed by atoms with Crippen molar-refractivity contribution in [3.05, 3.63) is 71.8 Å². The molecule has 0 spiro atoms. The zero-order valence-electron chi connectivity index (χ0n) is 15.2. The van der Waals surface area contributed by atoms with Crippen LogP contribution in [0.25, 0.3) is 0 Å². The number of benzene rings is 2. The van der Waals surface area contributed by atoms with Crippen molar-refractivity contribution < 1.29 is 9.53 Å². The molecular weight excluding hydrogens is 312 g/mol. The molecule has 0 fully saturated rings. The fraction of sp³-hybridized carbons (Fsp3) is 0.381. The maximum Gasteiger partial charge on any atom is 0.233 e. The van der Waals surface area contributed by atoms with Gasteiger partial charge in [0.05, 0.1) is 13.2 Å². The second kappa shape index (κ2) is 10.6. The van der Waals surface area contributed by atoms with Gasteiger partial charge in [0, 0.05) is 13.6 Å². The Labute approximate surface area is 150 Å². The van der Waals surface area contributed by atoms with Crippen LogP contribution in [0.3, 0.4) is 0 Å². The summed E-state index contributed by atoms with van der Waals surface area (Å²) in [7, 11) is 1.67. The van der Waals surface area contributed by atoms with Crippen LogP contribution in [-0.4, -0.2) is 44.1 Å². The summed E-state index contributed by atoms with van der Waals surface area (Å²) < 4.78 is 6.23. The molecule has 0 aliphatic carbocycles. The molecule has 0 unspecified atom stereocenters. The highest BCUT2D eigenvalue weighted by Crippen LogP contribution is 2.25. The van der Waals surface area contributed by atoms with E-state index in [4.69, 9.17) is 4.74 Å². The lowest BCUT2D eigenvalue weighted by atomic mass is 10.0. The number of likely N-dealkylation sites (N-methyl/N-ethyl adjacent to an activating group) is 1. The van der Waals surface area contributed by atoms with Crippen LogP contribution in [0, 0.1) is 0 Å². The van der Waals surface area contributed by atoms with E-state index in [0.717, 1.165) is 30.6 Å². The quantitative estimate of drug-likeness (QED) is 0.722. The van der Waals surface area contributed by atoms with Gasteiger partial charge in [-0.25, -0.2) is 0 Å². The molecule has 0 aliphatic rings. The summed E-state index contributed by atoms with van der Waals surface area (Å²) in [5.74, 6) is 0.0381. The van der Waals surface area contributed by atoms with Crippen molar-refractivity contribution in [1.29, 1.82) is 0 Å². The number of hydrogen-bond donors (Lipinski definition) is 1. The summed E-state index contributed by atoms with van der Waals surface area (Å²) in [5.41, 5.74) is 2.28. The molecule has 1 N–H and O–H groups in total. The smallest absolute Gasteiger partial charge is 0.233 e. The van der Waals surface area contributed by atoms with Gasteiger partial charge < -0.3 is 10.1 Å². The Bertz CT molecular complexity index is 577. The number of carbonyl (C=O) groups is 1. The number of rotatable bonds is 10. The second-order valence-electron chi connectivity index (χ2n) is 6.02. The Balaban J connectivity index is 2.01. The van der Waals surface area contributed by atoms with Crippen molar-refractivity contribution in [1.82, 2.24) is 10.2 Å². The first-order valence-electron chi connectivity index (χ1n) is 8.89. The lowest BCUT2D eigenvalue weighted by molar-refractivity contribution is -0.122. The number of nitrogens with zero attached hydrogens (tertiary/aromatic N) is 1. The fourth-order valence-corrected chi connectivity index (χ4v) is 2.81. The van der Waals surface area contributed by atoms with Gasteiger partial charge in [-0.3, -0.25) is 9.69 Å². The lowest BCUT2D eigenvalue weighted by Gasteiger charge is -2.23. The predicted octanol–water partition coefficient (Wildman–Crippen LogP) is 3.25. The Morgan fingerprint density at radius 2 is 1.56 bits per heavy atom. The van der Waals surface area contributed by atoms with Gasteiger partial charge in [0.15, 0.2) is 0 Å². The van der Waals surface area contributed by atoms with E-state index in [1.165, 1.54) is 0 Å². The highest BCUT2D eigenvalue weighted by atomic mass is 16.5. The third-order valence-corrected chi connectivity index (χ3v) is 4.08. The molecule has 2 rings (SSSR count). The molecule has 0 atom stereocenters. The van der Waals surface area contributed by atoms with Crippen molar-refractivity contribution in [3.63, 3.8) is 0 Å². The van der Waals surface area contributed by atoms with Crippen molar-refractivity contribution in [2.45, 2.75) is 19.4 Å². The molecular formula is C21H28N2O2. The van der Waals surface area contributed by atoms with Crippen molar-refractivity contribution in [3.8, 4) is 0 Å². The van der Waals surface area contributed by atoms with Gasteiger partial charge >= 0.3 is 0 Å². The Hall–Kier alpha value is -2.17. The molecule has 134 valence electrons. The van der Waals surface area contributed by atoms with Gasteiger partial charge in [-0.2, -0.15) is 0 Å². The predicted molar refractivity (Wildman–Crippen MR) is 101 cm³/mol. The number of ether oxygens (including phenoxy) is 1. The average molecular weight is 340 g/mol. The van der Waals surface area contributed by atoms with Gasteiger partial charge in [-0.05, 0) is 24.1 Å². The van der Waals surface area contributed by atoms with E-state index < -0.39 is 0 Å². The first-order chi connectivity index (χ1) is 12.2. The number of hydrogen-bond acceptors (Lipinski definition) is 3. The minimum absolute atomic E-state index is 0.0381. The van der Waals surface area contributed by atoms with Crippen molar-refractivity contribution in [2.24, 2.45) is 0 Å². The Kier molecular flexibility index (Phi) is 8.16. The summed E-state index contributed by atoms with van der Waals surface area (Å²) in [5, 5.41) is 2.68. The number of nitrogens with one attached hydrogen (secondary N) is 1.